The lowest BCUT2D eigenvalue weighted by Gasteiger charge is -2.44. The van der Waals surface area contributed by atoms with E-state index in [0.29, 0.717) is 41.9 Å². The highest BCUT2D eigenvalue weighted by molar-refractivity contribution is 6.32. The van der Waals surface area contributed by atoms with Crippen LogP contribution in [0.3, 0.4) is 0 Å². The molecule has 57 heavy (non-hydrogen) atoms. The number of rotatable bonds is 10. The van der Waals surface area contributed by atoms with Gasteiger partial charge in [0.15, 0.2) is 17.6 Å². The van der Waals surface area contributed by atoms with Crippen molar-refractivity contribution >= 4 is 35.6 Å². The molecule has 0 spiro atoms. The van der Waals surface area contributed by atoms with Crippen molar-refractivity contribution in [3.8, 4) is 17.2 Å². The summed E-state index contributed by atoms with van der Waals surface area (Å²) in [4.78, 5) is 37.4. The molecule has 3 heterocycles. The predicted molar refractivity (Wildman–Crippen MR) is 205 cm³/mol. The lowest BCUT2D eigenvalue weighted by molar-refractivity contribution is -0.422. The molecule has 3 aliphatic heterocycles. The van der Waals surface area contributed by atoms with Crippen molar-refractivity contribution in [2.75, 3.05) is 18.2 Å². The number of nitrogens with zero attached hydrogens (tertiary/aromatic N) is 3. The van der Waals surface area contributed by atoms with Gasteiger partial charge < -0.3 is 50.3 Å². The summed E-state index contributed by atoms with van der Waals surface area (Å²) in [7, 11) is 0. The minimum atomic E-state index is -3.09. The number of benzene rings is 3. The first kappa shape index (κ1) is 38.7. The van der Waals surface area contributed by atoms with Crippen LogP contribution < -0.4 is 9.64 Å². The standard InChI is InChI=1S/C42H45N3O12/c46-20-34-37(50)38(51)39(52)42(55,57-34)56-33-17-30-27(16-32(33)48)28(18-41-13-3-5-25(41)10-9-23-4-1-2-6-29(23)41)36(40(53)54)45(30)35(49)12-8-22-7-11-31(47)24(14-22)15-26-19-43-21-44-26/h1-2,4,6-8,11-12,14,16-17,19,25,28,34,36-39,46-48,50-52,55H,3,5,9-10,13,15,18,20-21H2,(H,53,54). The monoisotopic (exact) mass is 783 g/mol. The lowest BCUT2D eigenvalue weighted by atomic mass is 9.60. The summed E-state index contributed by atoms with van der Waals surface area (Å²) in [5, 5.41) is 85.3. The van der Waals surface area contributed by atoms with E-state index in [-0.39, 0.29) is 17.4 Å². The summed E-state index contributed by atoms with van der Waals surface area (Å²) < 4.78 is 10.9. The Hall–Kier alpha value is -5.16. The number of phenols is 2. The van der Waals surface area contributed by atoms with E-state index in [1.54, 1.807) is 18.3 Å². The molecule has 300 valence electrons. The maximum Gasteiger partial charge on any atom is 0.355 e. The number of hydrogen-bond acceptors (Lipinski definition) is 13. The first-order chi connectivity index (χ1) is 27.3. The average Bonchev–Trinajstić information content (AvgIpc) is 3.94. The number of phenolic OH excluding ortho intramolecular Hbond substituents is 2. The molecular weight excluding hydrogens is 738 g/mol. The van der Waals surface area contributed by atoms with Gasteiger partial charge in [-0.25, -0.2) is 4.79 Å². The third kappa shape index (κ3) is 6.77. The van der Waals surface area contributed by atoms with Crippen molar-refractivity contribution in [3.63, 3.8) is 0 Å². The number of aliphatic hydroxyl groups is 5. The number of ether oxygens (including phenoxy) is 2. The number of carbonyl (C=O) groups is 2. The number of fused-ring (bicyclic) bond motifs is 4. The van der Waals surface area contributed by atoms with Crippen molar-refractivity contribution < 1.29 is 59.9 Å². The van der Waals surface area contributed by atoms with Crippen molar-refractivity contribution in [1.82, 2.24) is 0 Å². The van der Waals surface area contributed by atoms with E-state index < -0.39 is 77.7 Å². The van der Waals surface area contributed by atoms with Gasteiger partial charge in [-0.15, -0.1) is 0 Å². The van der Waals surface area contributed by atoms with Crippen LogP contribution in [0.1, 0.15) is 65.8 Å². The van der Waals surface area contributed by atoms with Crippen LogP contribution in [-0.2, 0) is 32.6 Å². The number of amides is 1. The van der Waals surface area contributed by atoms with Crippen LogP contribution in [0.25, 0.3) is 6.08 Å². The second-order valence-corrected chi connectivity index (χ2v) is 15.6. The number of aliphatic carboxylic acids is 1. The quantitative estimate of drug-likeness (QED) is 0.109. The molecule has 3 aromatic carbocycles. The highest BCUT2D eigenvalue weighted by Gasteiger charge is 2.57. The number of aliphatic imine (C=N–C) groups is 2. The molecule has 9 unspecified atom stereocenters. The van der Waals surface area contributed by atoms with Crippen LogP contribution in [0, 0.1) is 5.92 Å². The van der Waals surface area contributed by atoms with E-state index in [1.165, 1.54) is 41.5 Å². The van der Waals surface area contributed by atoms with Crippen LogP contribution in [0.2, 0.25) is 0 Å². The van der Waals surface area contributed by atoms with Gasteiger partial charge in [0.25, 0.3) is 5.91 Å². The van der Waals surface area contributed by atoms with Gasteiger partial charge in [-0.1, -0.05) is 36.8 Å². The molecule has 0 radical (unpaired) electrons. The molecule has 1 saturated carbocycles. The van der Waals surface area contributed by atoms with Crippen LogP contribution >= 0.6 is 0 Å². The summed E-state index contributed by atoms with van der Waals surface area (Å²) >= 11 is 0. The van der Waals surface area contributed by atoms with E-state index in [1.807, 2.05) is 12.1 Å². The molecule has 0 aromatic heterocycles. The van der Waals surface area contributed by atoms with Crippen molar-refractivity contribution in [3.05, 3.63) is 88.5 Å². The number of carboxylic acid groups (broad SMARTS) is 1. The summed E-state index contributed by atoms with van der Waals surface area (Å²) in [5.41, 5.74) is 4.16. The maximum absolute atomic E-state index is 14.4. The number of aromatic hydroxyl groups is 2. The molecule has 8 N–H and O–H groups in total. The normalized spacial score (nSPS) is 31.6. The maximum atomic E-state index is 14.4. The second-order valence-electron chi connectivity index (χ2n) is 15.6. The Labute approximate surface area is 327 Å². The number of hydrogen-bond donors (Lipinski definition) is 8. The van der Waals surface area contributed by atoms with Gasteiger partial charge in [0.2, 0.25) is 0 Å². The van der Waals surface area contributed by atoms with Gasteiger partial charge >= 0.3 is 11.9 Å². The minimum Gasteiger partial charge on any atom is -0.508 e. The van der Waals surface area contributed by atoms with E-state index >= 15 is 0 Å². The minimum absolute atomic E-state index is 0.0333. The Morgan fingerprint density at radius 1 is 1.02 bits per heavy atom. The first-order valence-corrected chi connectivity index (χ1v) is 19.1. The molecule has 15 heteroatoms. The molecule has 2 aliphatic carbocycles. The zero-order valence-corrected chi connectivity index (χ0v) is 30.9. The molecule has 3 aromatic rings. The number of aliphatic hydroxyl groups excluding tert-OH is 4. The van der Waals surface area contributed by atoms with Crippen LogP contribution in [0.15, 0.2) is 70.7 Å². The van der Waals surface area contributed by atoms with Gasteiger partial charge in [0.05, 0.1) is 18.0 Å². The number of anilines is 1. The van der Waals surface area contributed by atoms with Crippen molar-refractivity contribution in [2.24, 2.45) is 15.9 Å². The lowest BCUT2D eigenvalue weighted by Crippen LogP contribution is -2.67. The SMILES string of the molecule is O=C(O)C1C(CC23CCCC2CCc2ccccc23)c2cc(O)c(OC3(O)OC(CO)C(O)C(O)C3O)cc2N1C(=O)C=Cc1ccc(O)c(CC2=NCN=C2)c1. The molecule has 9 atom stereocenters. The van der Waals surface area contributed by atoms with Gasteiger partial charge in [0.1, 0.15) is 36.8 Å². The van der Waals surface area contributed by atoms with Crippen LogP contribution in [-0.4, -0.2) is 114 Å². The average molecular weight is 784 g/mol. The second kappa shape index (κ2) is 15.0. The van der Waals surface area contributed by atoms with Crippen LogP contribution in [0.4, 0.5) is 5.69 Å². The Balaban J connectivity index is 1.20. The molecule has 0 bridgehead atoms. The van der Waals surface area contributed by atoms with Gasteiger partial charge in [-0.05, 0) is 90.0 Å². The summed E-state index contributed by atoms with van der Waals surface area (Å²) in [6, 6.07) is 14.0. The third-order valence-corrected chi connectivity index (χ3v) is 12.4. The van der Waals surface area contributed by atoms with Crippen molar-refractivity contribution in [1.29, 1.82) is 0 Å². The molecule has 8 rings (SSSR count). The highest BCUT2D eigenvalue weighted by atomic mass is 16.8. The predicted octanol–water partition coefficient (Wildman–Crippen LogP) is 2.29. The van der Waals surface area contributed by atoms with Gasteiger partial charge in [-0.2, -0.15) is 0 Å². The third-order valence-electron chi connectivity index (χ3n) is 12.4. The Morgan fingerprint density at radius 3 is 2.58 bits per heavy atom. The number of carboxylic acids is 1. The van der Waals surface area contributed by atoms with Gasteiger partial charge in [-0.3, -0.25) is 19.7 Å². The number of carbonyl (C=O) groups excluding carboxylic acids is 1. The molecular formula is C42H45N3O12. The Morgan fingerprint density at radius 2 is 1.82 bits per heavy atom. The fourth-order valence-corrected chi connectivity index (χ4v) is 9.75. The molecule has 5 aliphatic rings. The fourth-order valence-electron chi connectivity index (χ4n) is 9.75. The smallest absolute Gasteiger partial charge is 0.355 e. The first-order valence-electron chi connectivity index (χ1n) is 19.1. The van der Waals surface area contributed by atoms with E-state index in [0.717, 1.165) is 37.0 Å². The van der Waals surface area contributed by atoms with E-state index in [2.05, 4.69) is 22.1 Å². The zero-order valence-electron chi connectivity index (χ0n) is 30.9. The zero-order chi connectivity index (χ0) is 40.2. The molecule has 1 saturated heterocycles. The van der Waals surface area contributed by atoms with E-state index in [4.69, 9.17) is 9.47 Å². The largest absolute Gasteiger partial charge is 0.508 e. The van der Waals surface area contributed by atoms with Gasteiger partial charge in [0, 0.05) is 36.3 Å². The highest BCUT2D eigenvalue weighted by Crippen LogP contribution is 2.59. The topological polar surface area (TPSA) is 242 Å². The molecule has 15 nitrogen and oxygen atoms in total. The Kier molecular flexibility index (Phi) is 10.2. The van der Waals surface area contributed by atoms with Crippen molar-refractivity contribution in [2.45, 2.75) is 92.7 Å². The summed E-state index contributed by atoms with van der Waals surface area (Å²) in [6.45, 7) is -0.562. The summed E-state index contributed by atoms with van der Waals surface area (Å²) in [6.07, 6.45) is 1.90. The number of aryl methyl sites for hydroxylation is 1. The van der Waals surface area contributed by atoms with E-state index in [9.17, 15) is 50.4 Å². The molecule has 2 fully saturated rings. The van der Waals surface area contributed by atoms with Crippen LogP contribution in [0.5, 0.6) is 17.2 Å². The Bertz CT molecular complexity index is 2170. The molecule has 1 amide bonds. The summed E-state index contributed by atoms with van der Waals surface area (Å²) in [5.74, 6) is -6.73. The fraction of sp³-hybridized carbons (Fsp3) is 0.429.